The number of rotatable bonds is 8. The molecular weight excluding hydrogens is 258 g/mol. The average Bonchev–Trinajstić information content (AvgIpc) is 2.88. The minimum atomic E-state index is -0.0620. The van der Waals surface area contributed by atoms with Crippen LogP contribution in [0.15, 0.2) is 11.4 Å². The van der Waals surface area contributed by atoms with E-state index < -0.39 is 0 Å². The molecule has 0 fully saturated rings. The Hall–Kier alpha value is -0.420. The molecule has 2 rings (SSSR count). The predicted molar refractivity (Wildman–Crippen MR) is 79.7 cm³/mol. The fourth-order valence-corrected chi connectivity index (χ4v) is 3.65. The largest absolute Gasteiger partial charge is 0.353 e. The van der Waals surface area contributed by atoms with Crippen LogP contribution in [0.5, 0.6) is 0 Å². The first-order valence-electron chi connectivity index (χ1n) is 7.38. The van der Waals surface area contributed by atoms with E-state index in [0.717, 1.165) is 13.0 Å². The van der Waals surface area contributed by atoms with Gasteiger partial charge in [-0.05, 0) is 50.1 Å². The zero-order chi connectivity index (χ0) is 13.5. The molecule has 1 aliphatic rings. The van der Waals surface area contributed by atoms with Gasteiger partial charge in [0, 0.05) is 37.1 Å². The van der Waals surface area contributed by atoms with E-state index in [9.17, 15) is 0 Å². The van der Waals surface area contributed by atoms with Gasteiger partial charge in [0.25, 0.3) is 0 Å². The lowest BCUT2D eigenvalue weighted by Gasteiger charge is -2.25. The summed E-state index contributed by atoms with van der Waals surface area (Å²) in [7, 11) is 0. The van der Waals surface area contributed by atoms with Gasteiger partial charge in [0.2, 0.25) is 0 Å². The predicted octanol–water partition coefficient (Wildman–Crippen LogP) is 3.50. The molecule has 3 nitrogen and oxygen atoms in total. The van der Waals surface area contributed by atoms with Crippen molar-refractivity contribution in [1.29, 1.82) is 0 Å². The van der Waals surface area contributed by atoms with Gasteiger partial charge < -0.3 is 14.8 Å². The Kier molecular flexibility index (Phi) is 6.31. The lowest BCUT2D eigenvalue weighted by atomic mass is 9.94. The highest BCUT2D eigenvalue weighted by atomic mass is 32.1. The van der Waals surface area contributed by atoms with Crippen molar-refractivity contribution < 1.29 is 9.47 Å². The smallest absolute Gasteiger partial charge is 0.158 e. The van der Waals surface area contributed by atoms with Crippen LogP contribution in [0.2, 0.25) is 0 Å². The van der Waals surface area contributed by atoms with Crippen molar-refractivity contribution in [1.82, 2.24) is 5.32 Å². The van der Waals surface area contributed by atoms with Gasteiger partial charge in [-0.15, -0.1) is 11.3 Å². The summed E-state index contributed by atoms with van der Waals surface area (Å²) in [6.07, 6.45) is 4.65. The molecule has 1 N–H and O–H groups in total. The van der Waals surface area contributed by atoms with Crippen molar-refractivity contribution >= 4 is 11.3 Å². The second kappa shape index (κ2) is 8.00. The Morgan fingerprint density at radius 1 is 1.37 bits per heavy atom. The van der Waals surface area contributed by atoms with E-state index in [1.807, 2.05) is 25.2 Å². The van der Waals surface area contributed by atoms with E-state index in [1.165, 1.54) is 24.8 Å². The zero-order valence-corrected chi connectivity index (χ0v) is 12.8. The molecule has 0 aromatic carbocycles. The maximum absolute atomic E-state index is 5.57. The molecule has 0 bridgehead atoms. The Morgan fingerprint density at radius 3 is 2.89 bits per heavy atom. The molecule has 108 valence electrons. The summed E-state index contributed by atoms with van der Waals surface area (Å²) in [5, 5.41) is 5.87. The van der Waals surface area contributed by atoms with Gasteiger partial charge in [-0.25, -0.2) is 0 Å². The number of nitrogens with one attached hydrogen (secondary N) is 1. The Bertz CT molecular complexity index is 361. The Morgan fingerprint density at radius 2 is 2.16 bits per heavy atom. The lowest BCUT2D eigenvalue weighted by molar-refractivity contribution is -0.138. The molecule has 0 aliphatic heterocycles. The van der Waals surface area contributed by atoms with Crippen molar-refractivity contribution in [2.24, 2.45) is 0 Å². The van der Waals surface area contributed by atoms with Crippen molar-refractivity contribution in [3.8, 4) is 0 Å². The van der Waals surface area contributed by atoms with Gasteiger partial charge in [0.05, 0.1) is 0 Å². The first-order chi connectivity index (χ1) is 9.35. The van der Waals surface area contributed by atoms with Crippen LogP contribution in [0, 0.1) is 0 Å². The monoisotopic (exact) mass is 283 g/mol. The van der Waals surface area contributed by atoms with Gasteiger partial charge in [-0.1, -0.05) is 0 Å². The SMILES string of the molecule is CCOC(CCNC1CCCc2sccc21)OCC. The molecule has 1 aromatic rings. The van der Waals surface area contributed by atoms with Gasteiger partial charge in [-0.3, -0.25) is 0 Å². The number of aryl methyl sites for hydroxylation is 1. The van der Waals surface area contributed by atoms with Crippen LogP contribution in [0.3, 0.4) is 0 Å². The van der Waals surface area contributed by atoms with Gasteiger partial charge in [0.15, 0.2) is 6.29 Å². The third-order valence-corrected chi connectivity index (χ3v) is 4.52. The highest BCUT2D eigenvalue weighted by Crippen LogP contribution is 2.33. The van der Waals surface area contributed by atoms with E-state index in [-0.39, 0.29) is 6.29 Å². The second-order valence-electron chi connectivity index (χ2n) is 4.83. The molecule has 1 heterocycles. The summed E-state index contributed by atoms with van der Waals surface area (Å²) in [5.41, 5.74) is 1.51. The van der Waals surface area contributed by atoms with Crippen LogP contribution in [-0.4, -0.2) is 26.0 Å². The summed E-state index contributed by atoms with van der Waals surface area (Å²) in [6.45, 7) is 6.40. The van der Waals surface area contributed by atoms with E-state index in [2.05, 4.69) is 16.8 Å². The molecule has 0 spiro atoms. The quantitative estimate of drug-likeness (QED) is 0.741. The topological polar surface area (TPSA) is 30.5 Å². The molecule has 1 unspecified atom stereocenters. The maximum atomic E-state index is 5.57. The minimum Gasteiger partial charge on any atom is -0.353 e. The highest BCUT2D eigenvalue weighted by Gasteiger charge is 2.20. The highest BCUT2D eigenvalue weighted by molar-refractivity contribution is 7.10. The molecule has 0 amide bonds. The summed E-state index contributed by atoms with van der Waals surface area (Å²) < 4.78 is 11.1. The van der Waals surface area contributed by atoms with Crippen molar-refractivity contribution in [3.05, 3.63) is 21.9 Å². The van der Waals surface area contributed by atoms with E-state index in [0.29, 0.717) is 19.3 Å². The van der Waals surface area contributed by atoms with E-state index in [1.54, 1.807) is 4.88 Å². The molecule has 1 atom stereocenters. The summed E-state index contributed by atoms with van der Waals surface area (Å²) in [5.74, 6) is 0. The van der Waals surface area contributed by atoms with Crippen LogP contribution in [0.1, 0.15) is 49.6 Å². The fraction of sp³-hybridized carbons (Fsp3) is 0.733. The van der Waals surface area contributed by atoms with E-state index in [4.69, 9.17) is 9.47 Å². The molecule has 0 radical (unpaired) electrons. The molecule has 1 aromatic heterocycles. The number of hydrogen-bond acceptors (Lipinski definition) is 4. The number of ether oxygens (including phenoxy) is 2. The molecule has 4 heteroatoms. The van der Waals surface area contributed by atoms with Crippen molar-refractivity contribution in [2.75, 3.05) is 19.8 Å². The first-order valence-corrected chi connectivity index (χ1v) is 8.26. The van der Waals surface area contributed by atoms with Crippen molar-refractivity contribution in [2.45, 2.75) is 51.9 Å². The summed E-state index contributed by atoms with van der Waals surface area (Å²) >= 11 is 1.90. The van der Waals surface area contributed by atoms with Gasteiger partial charge in [-0.2, -0.15) is 0 Å². The first kappa shape index (κ1) is 15.0. The number of thiophene rings is 1. The lowest BCUT2D eigenvalue weighted by Crippen LogP contribution is -2.29. The molecule has 0 saturated carbocycles. The standard InChI is InChI=1S/C15H25NO2S/c1-3-17-15(18-4-2)8-10-16-13-6-5-7-14-12(13)9-11-19-14/h9,11,13,15-16H,3-8,10H2,1-2H3. The fourth-order valence-electron chi connectivity index (χ4n) is 2.66. The Labute approximate surface area is 120 Å². The molecule has 19 heavy (non-hydrogen) atoms. The van der Waals surface area contributed by atoms with Crippen LogP contribution in [0.4, 0.5) is 0 Å². The summed E-state index contributed by atoms with van der Waals surface area (Å²) in [4.78, 5) is 1.56. The third-order valence-electron chi connectivity index (χ3n) is 3.53. The van der Waals surface area contributed by atoms with E-state index >= 15 is 0 Å². The summed E-state index contributed by atoms with van der Waals surface area (Å²) in [6, 6.07) is 2.80. The average molecular weight is 283 g/mol. The van der Waals surface area contributed by atoms with Crippen LogP contribution < -0.4 is 5.32 Å². The number of fused-ring (bicyclic) bond motifs is 1. The molecule has 1 aliphatic carbocycles. The zero-order valence-electron chi connectivity index (χ0n) is 12.0. The van der Waals surface area contributed by atoms with Gasteiger partial charge >= 0.3 is 0 Å². The molecular formula is C15H25NO2S. The van der Waals surface area contributed by atoms with Gasteiger partial charge in [0.1, 0.15) is 0 Å². The minimum absolute atomic E-state index is 0.0620. The van der Waals surface area contributed by atoms with Crippen LogP contribution in [0.25, 0.3) is 0 Å². The van der Waals surface area contributed by atoms with Crippen LogP contribution >= 0.6 is 11.3 Å². The second-order valence-corrected chi connectivity index (χ2v) is 5.83. The maximum Gasteiger partial charge on any atom is 0.158 e. The normalized spacial score (nSPS) is 18.8. The number of hydrogen-bond donors (Lipinski definition) is 1. The van der Waals surface area contributed by atoms with Crippen LogP contribution in [-0.2, 0) is 15.9 Å². The molecule has 0 saturated heterocycles. The third kappa shape index (κ3) is 4.28. The Balaban J connectivity index is 1.77. The van der Waals surface area contributed by atoms with Crippen molar-refractivity contribution in [3.63, 3.8) is 0 Å².